The molecular formula is C25H33N3O3S. The molecule has 0 spiro atoms. The summed E-state index contributed by atoms with van der Waals surface area (Å²) >= 11 is 1.55. The average molecular weight is 456 g/mol. The van der Waals surface area contributed by atoms with Crippen LogP contribution >= 0.6 is 11.3 Å². The van der Waals surface area contributed by atoms with Crippen LogP contribution in [-0.2, 0) is 11.3 Å². The van der Waals surface area contributed by atoms with Gasteiger partial charge in [-0.15, -0.1) is 11.3 Å². The van der Waals surface area contributed by atoms with E-state index in [0.717, 1.165) is 42.3 Å². The number of ether oxygens (including phenoxy) is 1. The normalized spacial score (nSPS) is 20.1. The highest BCUT2D eigenvalue weighted by Gasteiger charge is 2.68. The number of thiazole rings is 1. The van der Waals surface area contributed by atoms with Gasteiger partial charge in [0.1, 0.15) is 11.4 Å². The van der Waals surface area contributed by atoms with Crippen molar-refractivity contribution in [3.05, 3.63) is 45.9 Å². The molecule has 1 aromatic heterocycles. The Kier molecular flexibility index (Phi) is 6.05. The number of carbonyl (C=O) groups excluding carboxylic acids is 2. The van der Waals surface area contributed by atoms with Crippen molar-refractivity contribution in [1.82, 2.24) is 15.2 Å². The first-order valence-electron chi connectivity index (χ1n) is 11.3. The molecule has 1 N–H and O–H groups in total. The quantitative estimate of drug-likeness (QED) is 0.698. The van der Waals surface area contributed by atoms with E-state index in [4.69, 9.17) is 4.74 Å². The number of rotatable bonds is 6. The SMILES string of the molecule is COc1ccc(CNC(=O)c2csc(C3CCN(C(=O)C4C(C)(C)C4(C)C)CC3)n2)cc1. The standard InChI is InChI=1S/C25H33N3O3S/c1-24(2)20(25(24,3)4)23(30)28-12-10-17(11-13-28)22-27-19(15-32-22)21(29)26-14-16-6-8-18(31-5)9-7-16/h6-9,15,17,20H,10-14H2,1-5H3,(H,26,29). The van der Waals surface area contributed by atoms with E-state index >= 15 is 0 Å². The van der Waals surface area contributed by atoms with Crippen LogP contribution in [0.1, 0.15) is 67.5 Å². The van der Waals surface area contributed by atoms with Gasteiger partial charge in [0.15, 0.2) is 0 Å². The first kappa shape index (κ1) is 22.8. The number of benzene rings is 1. The Bertz CT molecular complexity index is 974. The Morgan fingerprint density at radius 1 is 1.12 bits per heavy atom. The van der Waals surface area contributed by atoms with E-state index in [2.05, 4.69) is 38.0 Å². The summed E-state index contributed by atoms with van der Waals surface area (Å²) in [5.74, 6) is 1.37. The summed E-state index contributed by atoms with van der Waals surface area (Å²) < 4.78 is 5.16. The summed E-state index contributed by atoms with van der Waals surface area (Å²) in [5.41, 5.74) is 1.63. The highest BCUT2D eigenvalue weighted by atomic mass is 32.1. The highest BCUT2D eigenvalue weighted by molar-refractivity contribution is 7.09. The second-order valence-electron chi connectivity index (χ2n) is 10.1. The van der Waals surface area contributed by atoms with Gasteiger partial charge in [-0.3, -0.25) is 9.59 Å². The first-order valence-corrected chi connectivity index (χ1v) is 12.2. The summed E-state index contributed by atoms with van der Waals surface area (Å²) in [6.45, 7) is 10.8. The Morgan fingerprint density at radius 2 is 1.75 bits per heavy atom. The van der Waals surface area contributed by atoms with Crippen LogP contribution < -0.4 is 10.1 Å². The topological polar surface area (TPSA) is 71.5 Å². The molecule has 0 bridgehead atoms. The predicted molar refractivity (Wildman–Crippen MR) is 126 cm³/mol. The van der Waals surface area contributed by atoms with Crippen LogP contribution in [0.15, 0.2) is 29.6 Å². The van der Waals surface area contributed by atoms with Gasteiger partial charge in [-0.05, 0) is 41.4 Å². The molecule has 7 heteroatoms. The van der Waals surface area contributed by atoms with Crippen molar-refractivity contribution in [2.75, 3.05) is 20.2 Å². The zero-order chi connectivity index (χ0) is 23.1. The van der Waals surface area contributed by atoms with E-state index in [1.807, 2.05) is 34.5 Å². The Balaban J connectivity index is 1.28. The van der Waals surface area contributed by atoms with Gasteiger partial charge < -0.3 is 15.0 Å². The van der Waals surface area contributed by atoms with Gasteiger partial charge in [-0.2, -0.15) is 0 Å². The molecular weight excluding hydrogens is 422 g/mol. The van der Waals surface area contributed by atoms with Crippen molar-refractivity contribution >= 4 is 23.2 Å². The van der Waals surface area contributed by atoms with Gasteiger partial charge in [0.25, 0.3) is 5.91 Å². The maximum Gasteiger partial charge on any atom is 0.271 e. The molecule has 1 saturated carbocycles. The molecule has 1 saturated heterocycles. The molecule has 0 radical (unpaired) electrons. The first-order chi connectivity index (χ1) is 15.1. The van der Waals surface area contributed by atoms with E-state index in [0.29, 0.717) is 24.1 Å². The lowest BCUT2D eigenvalue weighted by molar-refractivity contribution is -0.134. The van der Waals surface area contributed by atoms with Gasteiger partial charge in [-0.25, -0.2) is 4.98 Å². The Hall–Kier alpha value is -2.41. The fourth-order valence-electron chi connectivity index (χ4n) is 4.94. The van der Waals surface area contributed by atoms with Crippen molar-refractivity contribution in [3.63, 3.8) is 0 Å². The minimum Gasteiger partial charge on any atom is -0.497 e. The van der Waals surface area contributed by atoms with Crippen molar-refractivity contribution < 1.29 is 14.3 Å². The van der Waals surface area contributed by atoms with Crippen LogP contribution in [0.2, 0.25) is 0 Å². The number of hydrogen-bond acceptors (Lipinski definition) is 5. The zero-order valence-electron chi connectivity index (χ0n) is 19.6. The average Bonchev–Trinajstić information content (AvgIpc) is 3.11. The number of methoxy groups -OCH3 is 1. The number of nitrogens with zero attached hydrogens (tertiary/aromatic N) is 2. The predicted octanol–water partition coefficient (Wildman–Crippen LogP) is 4.47. The van der Waals surface area contributed by atoms with Gasteiger partial charge >= 0.3 is 0 Å². The Morgan fingerprint density at radius 3 is 2.31 bits per heavy atom. The fraction of sp³-hybridized carbons (Fsp3) is 0.560. The van der Waals surface area contributed by atoms with Gasteiger partial charge in [0.05, 0.1) is 12.1 Å². The molecule has 1 aliphatic heterocycles. The molecule has 2 amide bonds. The number of piperidine rings is 1. The largest absolute Gasteiger partial charge is 0.497 e. The van der Waals surface area contributed by atoms with Crippen LogP contribution in [0.3, 0.4) is 0 Å². The lowest BCUT2D eigenvalue weighted by atomic mass is 9.96. The van der Waals surface area contributed by atoms with E-state index in [-0.39, 0.29) is 22.7 Å². The molecule has 4 rings (SSSR count). The van der Waals surface area contributed by atoms with Crippen LogP contribution in [0, 0.1) is 16.7 Å². The van der Waals surface area contributed by atoms with Gasteiger partial charge in [0, 0.05) is 36.9 Å². The molecule has 2 heterocycles. The number of hydrogen-bond donors (Lipinski definition) is 1. The number of likely N-dealkylation sites (tertiary alicyclic amines) is 1. The van der Waals surface area contributed by atoms with Gasteiger partial charge in [-0.1, -0.05) is 39.8 Å². The summed E-state index contributed by atoms with van der Waals surface area (Å²) in [5, 5.41) is 5.77. The van der Waals surface area contributed by atoms with E-state index < -0.39 is 0 Å². The third-order valence-electron chi connectivity index (χ3n) is 7.79. The van der Waals surface area contributed by atoms with Crippen LogP contribution in [0.4, 0.5) is 0 Å². The molecule has 1 aromatic carbocycles. The zero-order valence-corrected chi connectivity index (χ0v) is 20.4. The molecule has 172 valence electrons. The van der Waals surface area contributed by atoms with E-state index in [1.165, 1.54) is 0 Å². The molecule has 32 heavy (non-hydrogen) atoms. The maximum absolute atomic E-state index is 13.0. The van der Waals surface area contributed by atoms with Gasteiger partial charge in [0.2, 0.25) is 5.91 Å². The summed E-state index contributed by atoms with van der Waals surface area (Å²) in [6, 6.07) is 7.63. The summed E-state index contributed by atoms with van der Waals surface area (Å²) in [4.78, 5) is 32.2. The number of nitrogens with one attached hydrogen (secondary N) is 1. The van der Waals surface area contributed by atoms with Crippen molar-refractivity contribution in [2.24, 2.45) is 16.7 Å². The molecule has 0 unspecified atom stereocenters. The lowest BCUT2D eigenvalue weighted by Crippen LogP contribution is -2.40. The van der Waals surface area contributed by atoms with E-state index in [1.54, 1.807) is 18.4 Å². The fourth-order valence-corrected chi connectivity index (χ4v) is 5.91. The smallest absolute Gasteiger partial charge is 0.271 e. The Labute approximate surface area is 194 Å². The minimum absolute atomic E-state index is 0.0737. The van der Waals surface area contributed by atoms with Crippen LogP contribution in [0.25, 0.3) is 0 Å². The molecule has 2 aliphatic rings. The summed E-state index contributed by atoms with van der Waals surface area (Å²) in [7, 11) is 1.63. The summed E-state index contributed by atoms with van der Waals surface area (Å²) in [6.07, 6.45) is 1.81. The van der Waals surface area contributed by atoms with Crippen LogP contribution in [0.5, 0.6) is 5.75 Å². The molecule has 0 atom stereocenters. The molecule has 2 aromatic rings. The van der Waals surface area contributed by atoms with Crippen molar-refractivity contribution in [2.45, 2.75) is 53.0 Å². The van der Waals surface area contributed by atoms with Crippen molar-refractivity contribution in [3.8, 4) is 5.75 Å². The number of carbonyl (C=O) groups is 2. The maximum atomic E-state index is 13.0. The minimum atomic E-state index is -0.158. The third kappa shape index (κ3) is 4.15. The third-order valence-corrected chi connectivity index (χ3v) is 8.80. The monoisotopic (exact) mass is 455 g/mol. The number of amides is 2. The number of aromatic nitrogens is 1. The van der Waals surface area contributed by atoms with Crippen LogP contribution in [-0.4, -0.2) is 41.9 Å². The highest BCUT2D eigenvalue weighted by Crippen LogP contribution is 2.68. The second-order valence-corrected chi connectivity index (χ2v) is 11.0. The molecule has 2 fully saturated rings. The van der Waals surface area contributed by atoms with Crippen molar-refractivity contribution in [1.29, 1.82) is 0 Å². The lowest BCUT2D eigenvalue weighted by Gasteiger charge is -2.31. The molecule has 1 aliphatic carbocycles. The molecule has 6 nitrogen and oxygen atoms in total. The second kappa shape index (κ2) is 8.50. The van der Waals surface area contributed by atoms with E-state index in [9.17, 15) is 9.59 Å².